The standard InChI is InChI=1S/C30H46N2O6/c1-7-11-15-21(5)19-31-29(33)37-25-23-17-13-14-18-24(23)26(28(36-10-4)27(25)35-9-3)38-30(34)32-20-22(6)16-12-8-2/h13-14,17-18,21-22H,7-12,15-16,19-20H2,1-6H3,(H,31,33)(H,32,34). The molecule has 8 heteroatoms. The average Bonchev–Trinajstić information content (AvgIpc) is 2.92. The summed E-state index contributed by atoms with van der Waals surface area (Å²) >= 11 is 0. The first-order chi connectivity index (χ1) is 18.4. The van der Waals surface area contributed by atoms with E-state index in [0.29, 0.717) is 48.9 Å². The van der Waals surface area contributed by atoms with Crippen molar-refractivity contribution in [1.29, 1.82) is 0 Å². The minimum Gasteiger partial charge on any atom is -0.487 e. The van der Waals surface area contributed by atoms with Crippen LogP contribution in [0.15, 0.2) is 24.3 Å². The van der Waals surface area contributed by atoms with E-state index in [9.17, 15) is 9.59 Å². The predicted molar refractivity (Wildman–Crippen MR) is 152 cm³/mol. The van der Waals surface area contributed by atoms with E-state index in [0.717, 1.165) is 38.5 Å². The number of carbonyl (C=O) groups is 2. The van der Waals surface area contributed by atoms with E-state index in [2.05, 4.69) is 38.3 Å². The van der Waals surface area contributed by atoms with Gasteiger partial charge in [0.2, 0.25) is 11.5 Å². The second-order valence-corrected chi connectivity index (χ2v) is 9.76. The lowest BCUT2D eigenvalue weighted by molar-refractivity contribution is 0.190. The third-order valence-electron chi connectivity index (χ3n) is 6.29. The molecular formula is C30H46N2O6. The molecule has 0 heterocycles. The van der Waals surface area contributed by atoms with Crippen molar-refractivity contribution in [3.8, 4) is 23.0 Å². The molecule has 0 radical (unpaired) electrons. The Morgan fingerprint density at radius 1 is 0.684 bits per heavy atom. The van der Waals surface area contributed by atoms with E-state index >= 15 is 0 Å². The zero-order valence-corrected chi connectivity index (χ0v) is 24.0. The van der Waals surface area contributed by atoms with Crippen LogP contribution in [0.5, 0.6) is 23.0 Å². The highest BCUT2D eigenvalue weighted by molar-refractivity contribution is 6.01. The van der Waals surface area contributed by atoms with Gasteiger partial charge in [0.15, 0.2) is 11.5 Å². The molecule has 0 aliphatic carbocycles. The molecule has 2 N–H and O–H groups in total. The zero-order chi connectivity index (χ0) is 27.9. The number of benzene rings is 2. The molecule has 2 amide bonds. The van der Waals surface area contributed by atoms with E-state index in [1.54, 1.807) is 12.1 Å². The highest BCUT2D eigenvalue weighted by Crippen LogP contribution is 2.51. The van der Waals surface area contributed by atoms with Crippen molar-refractivity contribution in [2.24, 2.45) is 11.8 Å². The number of ether oxygens (including phenoxy) is 4. The van der Waals surface area contributed by atoms with Gasteiger partial charge < -0.3 is 29.6 Å². The molecule has 0 aliphatic rings. The van der Waals surface area contributed by atoms with Crippen LogP contribution in [-0.4, -0.2) is 38.5 Å². The second kappa shape index (κ2) is 16.6. The molecule has 0 fully saturated rings. The van der Waals surface area contributed by atoms with Crippen LogP contribution in [-0.2, 0) is 0 Å². The van der Waals surface area contributed by atoms with Gasteiger partial charge in [0.25, 0.3) is 0 Å². The highest BCUT2D eigenvalue weighted by atomic mass is 16.6. The van der Waals surface area contributed by atoms with Gasteiger partial charge in [-0.2, -0.15) is 0 Å². The first kappa shape index (κ1) is 31.1. The van der Waals surface area contributed by atoms with Gasteiger partial charge in [-0.25, -0.2) is 9.59 Å². The van der Waals surface area contributed by atoms with Crippen LogP contribution in [0, 0.1) is 11.8 Å². The minimum absolute atomic E-state index is 0.223. The molecule has 0 aromatic heterocycles. The van der Waals surface area contributed by atoms with E-state index in [-0.39, 0.29) is 23.0 Å². The van der Waals surface area contributed by atoms with Gasteiger partial charge in [0.1, 0.15) is 0 Å². The molecule has 2 rings (SSSR count). The molecule has 2 aromatic rings. The molecule has 0 aliphatic heterocycles. The van der Waals surface area contributed by atoms with Crippen molar-refractivity contribution in [2.75, 3.05) is 26.3 Å². The lowest BCUT2D eigenvalue weighted by Crippen LogP contribution is -2.31. The topological polar surface area (TPSA) is 95.1 Å². The smallest absolute Gasteiger partial charge is 0.412 e. The summed E-state index contributed by atoms with van der Waals surface area (Å²) in [6.45, 7) is 13.8. The van der Waals surface area contributed by atoms with Gasteiger partial charge in [-0.1, -0.05) is 77.6 Å². The summed E-state index contributed by atoms with van der Waals surface area (Å²) in [6, 6.07) is 7.26. The average molecular weight is 531 g/mol. The van der Waals surface area contributed by atoms with Crippen molar-refractivity contribution in [1.82, 2.24) is 10.6 Å². The Labute approximate surface area is 227 Å². The maximum Gasteiger partial charge on any atom is 0.412 e. The van der Waals surface area contributed by atoms with E-state index in [1.165, 1.54) is 0 Å². The van der Waals surface area contributed by atoms with Crippen LogP contribution in [0.1, 0.15) is 80.1 Å². The number of rotatable bonds is 16. The predicted octanol–water partition coefficient (Wildman–Crippen LogP) is 7.47. The summed E-state index contributed by atoms with van der Waals surface area (Å²) in [5.74, 6) is 1.57. The molecule has 38 heavy (non-hydrogen) atoms. The quantitative estimate of drug-likeness (QED) is 0.234. The van der Waals surface area contributed by atoms with Gasteiger partial charge in [-0.3, -0.25) is 0 Å². The summed E-state index contributed by atoms with van der Waals surface area (Å²) in [4.78, 5) is 25.6. The Hall–Kier alpha value is -3.16. The van der Waals surface area contributed by atoms with Crippen LogP contribution < -0.4 is 29.6 Å². The van der Waals surface area contributed by atoms with Gasteiger partial charge in [0, 0.05) is 23.9 Å². The van der Waals surface area contributed by atoms with E-state index in [4.69, 9.17) is 18.9 Å². The Kier molecular flexibility index (Phi) is 13.6. The van der Waals surface area contributed by atoms with Crippen LogP contribution in [0.3, 0.4) is 0 Å². The van der Waals surface area contributed by atoms with Gasteiger partial charge >= 0.3 is 12.2 Å². The molecular weight excluding hydrogens is 484 g/mol. The van der Waals surface area contributed by atoms with Gasteiger partial charge in [-0.05, 0) is 38.5 Å². The largest absolute Gasteiger partial charge is 0.487 e. The number of hydrogen-bond acceptors (Lipinski definition) is 6. The van der Waals surface area contributed by atoms with Crippen molar-refractivity contribution in [3.05, 3.63) is 24.3 Å². The zero-order valence-electron chi connectivity index (χ0n) is 24.0. The third kappa shape index (κ3) is 9.30. The van der Waals surface area contributed by atoms with Crippen molar-refractivity contribution in [2.45, 2.75) is 80.1 Å². The normalized spacial score (nSPS) is 12.5. The van der Waals surface area contributed by atoms with Crippen molar-refractivity contribution in [3.63, 3.8) is 0 Å². The van der Waals surface area contributed by atoms with Crippen molar-refractivity contribution >= 4 is 23.0 Å². The summed E-state index contributed by atoms with van der Waals surface area (Å²) in [6.07, 6.45) is 5.37. The highest BCUT2D eigenvalue weighted by Gasteiger charge is 2.27. The van der Waals surface area contributed by atoms with Crippen LogP contribution in [0.2, 0.25) is 0 Å². The Morgan fingerprint density at radius 3 is 1.42 bits per heavy atom. The molecule has 2 atom stereocenters. The fourth-order valence-corrected chi connectivity index (χ4v) is 4.17. The molecule has 2 aromatic carbocycles. The van der Waals surface area contributed by atoms with Crippen LogP contribution in [0.4, 0.5) is 9.59 Å². The molecule has 212 valence electrons. The first-order valence-corrected chi connectivity index (χ1v) is 14.1. The van der Waals surface area contributed by atoms with Crippen molar-refractivity contribution < 1.29 is 28.5 Å². The van der Waals surface area contributed by atoms with Crippen LogP contribution in [0.25, 0.3) is 10.8 Å². The fraction of sp³-hybridized carbons (Fsp3) is 0.600. The maximum absolute atomic E-state index is 12.8. The number of fused-ring (bicyclic) bond motifs is 1. The SMILES string of the molecule is CCCCC(C)CNC(=O)Oc1c(OCC)c(OCC)c(OC(=O)NCC(C)CCCC)c2ccccc12. The summed E-state index contributed by atoms with van der Waals surface area (Å²) in [5.41, 5.74) is 0. The van der Waals surface area contributed by atoms with Gasteiger partial charge in [0.05, 0.1) is 13.2 Å². The maximum atomic E-state index is 12.8. The second-order valence-electron chi connectivity index (χ2n) is 9.76. The summed E-state index contributed by atoms with van der Waals surface area (Å²) in [7, 11) is 0. The number of amides is 2. The molecule has 2 unspecified atom stereocenters. The van der Waals surface area contributed by atoms with Crippen LogP contribution >= 0.6 is 0 Å². The minimum atomic E-state index is -0.575. The fourth-order valence-electron chi connectivity index (χ4n) is 4.17. The lowest BCUT2D eigenvalue weighted by Gasteiger charge is -2.21. The molecule has 8 nitrogen and oxygen atoms in total. The molecule has 0 saturated carbocycles. The number of hydrogen-bond donors (Lipinski definition) is 2. The van der Waals surface area contributed by atoms with E-state index in [1.807, 2.05) is 26.0 Å². The third-order valence-corrected chi connectivity index (χ3v) is 6.29. The number of unbranched alkanes of at least 4 members (excludes halogenated alkanes) is 2. The Bertz CT molecular complexity index is 945. The Balaban J connectivity index is 2.39. The van der Waals surface area contributed by atoms with E-state index < -0.39 is 12.2 Å². The number of carbonyl (C=O) groups excluding carboxylic acids is 2. The lowest BCUT2D eigenvalue weighted by atomic mass is 10.0. The monoisotopic (exact) mass is 530 g/mol. The molecule has 0 bridgehead atoms. The number of nitrogens with one attached hydrogen (secondary N) is 2. The summed E-state index contributed by atoms with van der Waals surface area (Å²) < 4.78 is 23.5. The first-order valence-electron chi connectivity index (χ1n) is 14.1. The molecule has 0 saturated heterocycles. The molecule has 0 spiro atoms. The van der Waals surface area contributed by atoms with Gasteiger partial charge in [-0.15, -0.1) is 0 Å². The Morgan fingerprint density at radius 2 is 1.08 bits per heavy atom. The summed E-state index contributed by atoms with van der Waals surface area (Å²) in [5, 5.41) is 6.88.